The third-order valence-electron chi connectivity index (χ3n) is 8.05. The Labute approximate surface area is 240 Å². The van der Waals surface area contributed by atoms with E-state index >= 15 is 0 Å². The summed E-state index contributed by atoms with van der Waals surface area (Å²) in [7, 11) is 0. The topological polar surface area (TPSA) is 37.6 Å². The van der Waals surface area contributed by atoms with Crippen molar-refractivity contribution in [2.45, 2.75) is 79.1 Å². The van der Waals surface area contributed by atoms with Crippen LogP contribution in [0, 0.1) is 0 Å². The number of benzene rings is 3. The van der Waals surface area contributed by atoms with Crippen molar-refractivity contribution >= 4 is 22.8 Å². The van der Waals surface area contributed by atoms with Crippen LogP contribution in [0.15, 0.2) is 88.8 Å². The fourth-order valence-electron chi connectivity index (χ4n) is 5.74. The Kier molecular flexibility index (Phi) is 9.01. The molecule has 40 heavy (non-hydrogen) atoms. The SMILES string of the molecule is CCc1cccc(CC)c1N=C(c1ccccc1)c1ccc2c(n1)C(=Nc1c(CC)cccc1CC)CCCC2. The van der Waals surface area contributed by atoms with Gasteiger partial charge in [-0.1, -0.05) is 100 Å². The molecular formula is C37H41N3. The van der Waals surface area contributed by atoms with E-state index in [9.17, 15) is 0 Å². The summed E-state index contributed by atoms with van der Waals surface area (Å²) in [6.07, 6.45) is 8.11. The average Bonchev–Trinajstić information content (AvgIpc) is 3.21. The number of rotatable bonds is 8. The van der Waals surface area contributed by atoms with Crippen LogP contribution in [-0.4, -0.2) is 16.4 Å². The standard InChI is InChI=1S/C37H41N3/c1-5-26-19-14-20-27(6-2)34(26)38-32-23-13-12-18-31-24-25-33(39-36(31)32)37(30-16-10-9-11-17-30)40-35-28(7-3)21-15-22-29(35)8-4/h9-11,14-17,19-22,24-25H,5-8,12-13,18,23H2,1-4H3. The third kappa shape index (κ3) is 5.84. The molecule has 5 rings (SSSR count). The lowest BCUT2D eigenvalue weighted by Gasteiger charge is -2.15. The molecule has 1 aliphatic rings. The molecule has 3 heteroatoms. The molecule has 0 saturated heterocycles. The highest BCUT2D eigenvalue weighted by Gasteiger charge is 2.20. The minimum atomic E-state index is 0.909. The minimum absolute atomic E-state index is 0.909. The van der Waals surface area contributed by atoms with Gasteiger partial charge >= 0.3 is 0 Å². The van der Waals surface area contributed by atoms with Gasteiger partial charge in [0.1, 0.15) is 0 Å². The molecule has 1 aliphatic carbocycles. The molecule has 204 valence electrons. The predicted molar refractivity (Wildman–Crippen MR) is 170 cm³/mol. The van der Waals surface area contributed by atoms with Crippen molar-refractivity contribution in [1.82, 2.24) is 4.98 Å². The van der Waals surface area contributed by atoms with E-state index < -0.39 is 0 Å². The van der Waals surface area contributed by atoms with E-state index in [1.54, 1.807) is 0 Å². The van der Waals surface area contributed by atoms with Crippen LogP contribution in [0.25, 0.3) is 0 Å². The van der Waals surface area contributed by atoms with Gasteiger partial charge in [0, 0.05) is 5.56 Å². The molecular weight excluding hydrogens is 486 g/mol. The number of aliphatic imine (C=N–C) groups is 2. The number of hydrogen-bond donors (Lipinski definition) is 0. The second kappa shape index (κ2) is 13.0. The second-order valence-electron chi connectivity index (χ2n) is 10.6. The molecule has 1 heterocycles. The number of nitrogens with zero attached hydrogens (tertiary/aromatic N) is 3. The van der Waals surface area contributed by atoms with E-state index in [0.717, 1.165) is 91.1 Å². The first-order chi connectivity index (χ1) is 19.7. The van der Waals surface area contributed by atoms with Gasteiger partial charge < -0.3 is 0 Å². The summed E-state index contributed by atoms with van der Waals surface area (Å²) in [5, 5.41) is 0. The Balaban J connectivity index is 1.71. The highest BCUT2D eigenvalue weighted by atomic mass is 14.9. The van der Waals surface area contributed by atoms with Crippen molar-refractivity contribution in [1.29, 1.82) is 0 Å². The minimum Gasteiger partial charge on any atom is -0.251 e. The largest absolute Gasteiger partial charge is 0.251 e. The first kappa shape index (κ1) is 27.7. The van der Waals surface area contributed by atoms with Crippen molar-refractivity contribution in [2.24, 2.45) is 9.98 Å². The van der Waals surface area contributed by atoms with Crippen molar-refractivity contribution in [3.05, 3.63) is 124 Å². The molecule has 0 radical (unpaired) electrons. The number of aromatic nitrogens is 1. The Morgan fingerprint density at radius 2 is 1.20 bits per heavy atom. The van der Waals surface area contributed by atoms with E-state index in [2.05, 4.69) is 107 Å². The number of hydrogen-bond acceptors (Lipinski definition) is 3. The molecule has 0 saturated carbocycles. The van der Waals surface area contributed by atoms with Crippen molar-refractivity contribution in [2.75, 3.05) is 0 Å². The summed E-state index contributed by atoms with van der Waals surface area (Å²) < 4.78 is 0. The average molecular weight is 528 g/mol. The molecule has 0 amide bonds. The van der Waals surface area contributed by atoms with Crippen LogP contribution in [0.4, 0.5) is 11.4 Å². The van der Waals surface area contributed by atoms with E-state index in [1.807, 2.05) is 0 Å². The second-order valence-corrected chi connectivity index (χ2v) is 10.6. The van der Waals surface area contributed by atoms with Gasteiger partial charge in [0.25, 0.3) is 0 Å². The summed E-state index contributed by atoms with van der Waals surface area (Å²) in [5.41, 5.74) is 13.8. The molecule has 0 spiro atoms. The molecule has 0 bridgehead atoms. The fourth-order valence-corrected chi connectivity index (χ4v) is 5.74. The van der Waals surface area contributed by atoms with Crippen molar-refractivity contribution in [3.63, 3.8) is 0 Å². The summed E-state index contributed by atoms with van der Waals surface area (Å²) in [4.78, 5) is 16.2. The molecule has 0 aliphatic heterocycles. The molecule has 0 unspecified atom stereocenters. The zero-order valence-corrected chi connectivity index (χ0v) is 24.5. The Morgan fingerprint density at radius 3 is 1.80 bits per heavy atom. The smallest absolute Gasteiger partial charge is 0.0966 e. The summed E-state index contributed by atoms with van der Waals surface area (Å²) >= 11 is 0. The van der Waals surface area contributed by atoms with Crippen molar-refractivity contribution < 1.29 is 0 Å². The van der Waals surface area contributed by atoms with Crippen LogP contribution in [0.3, 0.4) is 0 Å². The van der Waals surface area contributed by atoms with Gasteiger partial charge in [-0.3, -0.25) is 4.99 Å². The highest BCUT2D eigenvalue weighted by Crippen LogP contribution is 2.31. The zero-order chi connectivity index (χ0) is 27.9. The lowest BCUT2D eigenvalue weighted by atomic mass is 10.00. The highest BCUT2D eigenvalue weighted by molar-refractivity contribution is 6.14. The van der Waals surface area contributed by atoms with Gasteiger partial charge in [0.15, 0.2) is 0 Å². The van der Waals surface area contributed by atoms with E-state index in [-0.39, 0.29) is 0 Å². The lowest BCUT2D eigenvalue weighted by Crippen LogP contribution is -2.13. The van der Waals surface area contributed by atoms with Gasteiger partial charge in [-0.25, -0.2) is 9.98 Å². The maximum absolute atomic E-state index is 5.39. The van der Waals surface area contributed by atoms with Gasteiger partial charge in [-0.05, 0) is 85.3 Å². The summed E-state index contributed by atoms with van der Waals surface area (Å²) in [6.45, 7) is 8.85. The van der Waals surface area contributed by atoms with Gasteiger partial charge in [0.2, 0.25) is 0 Å². The predicted octanol–water partition coefficient (Wildman–Crippen LogP) is 9.35. The van der Waals surface area contributed by atoms with Crippen LogP contribution in [0.5, 0.6) is 0 Å². The first-order valence-corrected chi connectivity index (χ1v) is 15.1. The Morgan fingerprint density at radius 1 is 0.625 bits per heavy atom. The van der Waals surface area contributed by atoms with Gasteiger partial charge in [-0.15, -0.1) is 0 Å². The Bertz CT molecular complexity index is 1480. The zero-order valence-electron chi connectivity index (χ0n) is 24.5. The quantitative estimate of drug-likeness (QED) is 0.166. The molecule has 0 atom stereocenters. The normalized spacial score (nSPS) is 14.7. The monoisotopic (exact) mass is 527 g/mol. The fraction of sp³-hybridized carbons (Fsp3) is 0.324. The van der Waals surface area contributed by atoms with Crippen molar-refractivity contribution in [3.8, 4) is 0 Å². The molecule has 3 nitrogen and oxygen atoms in total. The van der Waals surface area contributed by atoms with Crippen LogP contribution in [-0.2, 0) is 32.1 Å². The maximum atomic E-state index is 5.39. The van der Waals surface area contributed by atoms with E-state index in [0.29, 0.717) is 0 Å². The van der Waals surface area contributed by atoms with Gasteiger partial charge in [0.05, 0.1) is 34.2 Å². The molecule has 3 aromatic carbocycles. The molecule has 0 N–H and O–H groups in total. The van der Waals surface area contributed by atoms with Crippen LogP contribution in [0.1, 0.15) is 91.7 Å². The van der Waals surface area contributed by atoms with Crippen LogP contribution >= 0.6 is 0 Å². The number of para-hydroxylation sites is 2. The summed E-state index contributed by atoms with van der Waals surface area (Å²) in [6, 6.07) is 28.1. The van der Waals surface area contributed by atoms with E-state index in [1.165, 1.54) is 27.8 Å². The van der Waals surface area contributed by atoms with Gasteiger partial charge in [-0.2, -0.15) is 0 Å². The first-order valence-electron chi connectivity index (χ1n) is 15.1. The third-order valence-corrected chi connectivity index (χ3v) is 8.05. The van der Waals surface area contributed by atoms with E-state index in [4.69, 9.17) is 15.0 Å². The number of fused-ring (bicyclic) bond motifs is 1. The van der Waals surface area contributed by atoms with Crippen LogP contribution in [0.2, 0.25) is 0 Å². The molecule has 1 aromatic heterocycles. The number of pyridine rings is 1. The number of aryl methyl sites for hydroxylation is 5. The maximum Gasteiger partial charge on any atom is 0.0966 e. The van der Waals surface area contributed by atoms with Crippen LogP contribution < -0.4 is 0 Å². The molecule has 4 aromatic rings. The Hall–Kier alpha value is -3.85. The molecule has 0 fully saturated rings. The lowest BCUT2D eigenvalue weighted by molar-refractivity contribution is 0.775. The summed E-state index contributed by atoms with van der Waals surface area (Å²) in [5.74, 6) is 0.